The van der Waals surface area contributed by atoms with Crippen molar-refractivity contribution in [3.05, 3.63) is 0 Å². The van der Waals surface area contributed by atoms with Crippen LogP contribution in [0.3, 0.4) is 0 Å². The van der Waals surface area contributed by atoms with Gasteiger partial charge in [-0.05, 0) is 6.92 Å². The van der Waals surface area contributed by atoms with Gasteiger partial charge < -0.3 is 21.5 Å². The molecule has 44 valence electrons. The molecule has 0 saturated heterocycles. The summed E-state index contributed by atoms with van der Waals surface area (Å²) in [5, 5.41) is 7.57. The van der Waals surface area contributed by atoms with Crippen molar-refractivity contribution >= 4 is 51.7 Å². The number of hydrogen-bond donors (Lipinski definition) is 1. The smallest absolute Gasteiger partial charge is 2.00 e. The Hall–Kier alpha value is 1.58. The first-order chi connectivity index (χ1) is 1.41. The van der Waals surface area contributed by atoms with Crippen LogP contribution in [0, 0.1) is 0 Å². The van der Waals surface area contributed by atoms with Crippen LogP contribution in [0.4, 0.5) is 0 Å². The van der Waals surface area contributed by atoms with Gasteiger partial charge in [-0.25, -0.2) is 0 Å². The second kappa shape index (κ2) is 74.1. The average molecular weight is 324 g/mol. The standard InChI is InChI=1S/C2H6O.2In.3O/c1-2-3;;;;;/h3H,2H2,1H3;;;;;/q;2*+3;3*-2. The second-order valence-corrected chi connectivity index (χ2v) is 0.316. The van der Waals surface area contributed by atoms with Crippen molar-refractivity contribution < 1.29 is 21.5 Å². The molecule has 6 heteroatoms. The van der Waals surface area contributed by atoms with E-state index in [0.717, 1.165) is 0 Å². The van der Waals surface area contributed by atoms with E-state index in [1.807, 2.05) is 0 Å². The predicted molar refractivity (Wildman–Crippen MR) is 26.3 cm³/mol. The minimum absolute atomic E-state index is 0. The van der Waals surface area contributed by atoms with Gasteiger partial charge in [-0.1, -0.05) is 0 Å². The molecule has 0 aromatic carbocycles. The fourth-order valence-electron chi connectivity index (χ4n) is 0. The molecule has 1 N–H and O–H groups in total. The molecule has 0 rings (SSSR count). The second-order valence-electron chi connectivity index (χ2n) is 0.316. The summed E-state index contributed by atoms with van der Waals surface area (Å²) in [4.78, 5) is 0. The van der Waals surface area contributed by atoms with Crippen LogP contribution < -0.4 is 0 Å². The maximum Gasteiger partial charge on any atom is 3.00 e. The van der Waals surface area contributed by atoms with Crippen molar-refractivity contribution in [2.24, 2.45) is 0 Å². The maximum absolute atomic E-state index is 7.57. The molecule has 0 aliphatic rings. The van der Waals surface area contributed by atoms with E-state index in [9.17, 15) is 0 Å². The van der Waals surface area contributed by atoms with Gasteiger partial charge in [-0.2, -0.15) is 0 Å². The normalized spacial score (nSPS) is 2.25. The summed E-state index contributed by atoms with van der Waals surface area (Å²) in [5.74, 6) is 0. The molecule has 0 amide bonds. The summed E-state index contributed by atoms with van der Waals surface area (Å²) in [6.45, 7) is 1.93. The predicted octanol–water partition coefficient (Wildman–Crippen LogP) is -1.12. The van der Waals surface area contributed by atoms with Crippen LogP contribution in [0.15, 0.2) is 0 Å². The van der Waals surface area contributed by atoms with Gasteiger partial charge in [0.25, 0.3) is 0 Å². The molecule has 0 aliphatic carbocycles. The third-order valence-electron chi connectivity index (χ3n) is 0. The molecule has 0 heterocycles. The fraction of sp³-hybridized carbons (Fsp3) is 1.00. The maximum atomic E-state index is 7.57. The van der Waals surface area contributed by atoms with Crippen LogP contribution in [0.2, 0.25) is 0 Å². The molecule has 8 heavy (non-hydrogen) atoms. The van der Waals surface area contributed by atoms with Gasteiger partial charge in [-0.15, -0.1) is 0 Å². The van der Waals surface area contributed by atoms with Crippen LogP contribution >= 0.6 is 0 Å². The Labute approximate surface area is 86.2 Å². The Bertz CT molecular complexity index is 12.0. The molecule has 0 fully saturated rings. The van der Waals surface area contributed by atoms with Crippen molar-refractivity contribution in [2.75, 3.05) is 6.61 Å². The van der Waals surface area contributed by atoms with Crippen LogP contribution in [0.1, 0.15) is 6.92 Å². The van der Waals surface area contributed by atoms with Crippen molar-refractivity contribution in [3.63, 3.8) is 0 Å². The van der Waals surface area contributed by atoms with E-state index in [0.29, 0.717) is 0 Å². The number of rotatable bonds is 0. The summed E-state index contributed by atoms with van der Waals surface area (Å²) in [6.07, 6.45) is 0. The topological polar surface area (TPSA) is 106 Å². The largest absolute Gasteiger partial charge is 3.00 e. The third-order valence-corrected chi connectivity index (χ3v) is 0. The zero-order valence-corrected chi connectivity index (χ0v) is 11.1. The SMILES string of the molecule is CCO.[In+3].[In+3].[O-2].[O-2].[O-2]. The molecule has 0 saturated carbocycles. The Kier molecular flexibility index (Phi) is 509. The summed E-state index contributed by atoms with van der Waals surface area (Å²) in [5.41, 5.74) is 0. The third kappa shape index (κ3) is 131. The molecular formula is C2H6In2O4. The van der Waals surface area contributed by atoms with Crippen molar-refractivity contribution in [2.45, 2.75) is 6.92 Å². The van der Waals surface area contributed by atoms with Gasteiger partial charge >= 0.3 is 51.7 Å². The van der Waals surface area contributed by atoms with Gasteiger partial charge in [0.1, 0.15) is 0 Å². The monoisotopic (exact) mass is 324 g/mol. The van der Waals surface area contributed by atoms with Gasteiger partial charge in [0, 0.05) is 6.61 Å². The number of hydrogen-bond acceptors (Lipinski definition) is 1. The molecule has 0 spiro atoms. The number of aliphatic hydroxyl groups excluding tert-OH is 1. The van der Waals surface area contributed by atoms with Crippen LogP contribution in [0.25, 0.3) is 0 Å². The van der Waals surface area contributed by atoms with Gasteiger partial charge in [-0.3, -0.25) is 0 Å². The minimum atomic E-state index is 0. The summed E-state index contributed by atoms with van der Waals surface area (Å²) < 4.78 is 0. The van der Waals surface area contributed by atoms with E-state index in [1.54, 1.807) is 6.92 Å². The minimum Gasteiger partial charge on any atom is -2.00 e. The first kappa shape index (κ1) is 55.0. The zero-order chi connectivity index (χ0) is 2.71. The van der Waals surface area contributed by atoms with E-state index in [2.05, 4.69) is 0 Å². The first-order valence-electron chi connectivity index (χ1n) is 1.02. The Morgan fingerprint density at radius 3 is 1.00 bits per heavy atom. The molecule has 0 aromatic rings. The van der Waals surface area contributed by atoms with Gasteiger partial charge in [0.15, 0.2) is 0 Å². The van der Waals surface area contributed by atoms with Crippen molar-refractivity contribution in [1.29, 1.82) is 0 Å². The molecule has 4 nitrogen and oxygen atoms in total. The van der Waals surface area contributed by atoms with E-state index >= 15 is 0 Å². The van der Waals surface area contributed by atoms with Crippen LogP contribution in [-0.2, 0) is 16.4 Å². The molecule has 0 unspecified atom stereocenters. The molecule has 0 atom stereocenters. The summed E-state index contributed by atoms with van der Waals surface area (Å²) >= 11 is 0. The van der Waals surface area contributed by atoms with Crippen molar-refractivity contribution in [3.8, 4) is 0 Å². The number of aliphatic hydroxyl groups is 1. The quantitative estimate of drug-likeness (QED) is 0.599. The van der Waals surface area contributed by atoms with E-state index in [1.165, 1.54) is 0 Å². The molecule has 0 radical (unpaired) electrons. The Morgan fingerprint density at radius 1 is 1.00 bits per heavy atom. The van der Waals surface area contributed by atoms with E-state index in [-0.39, 0.29) is 74.7 Å². The molecule has 0 aliphatic heterocycles. The molecule has 0 aromatic heterocycles. The van der Waals surface area contributed by atoms with Crippen LogP contribution in [0.5, 0.6) is 0 Å². The average Bonchev–Trinajstić information content (AvgIpc) is 0.918. The summed E-state index contributed by atoms with van der Waals surface area (Å²) in [7, 11) is 0. The van der Waals surface area contributed by atoms with E-state index in [4.69, 9.17) is 5.11 Å². The van der Waals surface area contributed by atoms with Gasteiger partial charge in [0.2, 0.25) is 0 Å². The zero-order valence-electron chi connectivity index (χ0n) is 4.53. The molecular weight excluding hydrogens is 318 g/mol. The molecule has 0 bridgehead atoms. The Morgan fingerprint density at radius 2 is 1.00 bits per heavy atom. The Balaban J connectivity index is -0.00000000200. The van der Waals surface area contributed by atoms with Crippen molar-refractivity contribution in [1.82, 2.24) is 0 Å². The fourth-order valence-corrected chi connectivity index (χ4v) is 0. The van der Waals surface area contributed by atoms with Crippen LogP contribution in [-0.4, -0.2) is 63.4 Å². The summed E-state index contributed by atoms with van der Waals surface area (Å²) in [6, 6.07) is 0. The van der Waals surface area contributed by atoms with E-state index < -0.39 is 0 Å². The van der Waals surface area contributed by atoms with Gasteiger partial charge in [0.05, 0.1) is 0 Å². The first-order valence-corrected chi connectivity index (χ1v) is 1.02.